The SMILES string of the molecule is O=C(C1CNC1)N1CCC[C@@H]1c1ccccc1Cl. The van der Waals surface area contributed by atoms with Crippen molar-refractivity contribution >= 4 is 17.5 Å². The minimum absolute atomic E-state index is 0.173. The lowest BCUT2D eigenvalue weighted by Crippen LogP contribution is -2.51. The average Bonchev–Trinajstić information content (AvgIpc) is 2.76. The van der Waals surface area contributed by atoms with Crippen molar-refractivity contribution in [3.63, 3.8) is 0 Å². The van der Waals surface area contributed by atoms with Crippen molar-refractivity contribution in [2.75, 3.05) is 19.6 Å². The Bertz CT molecular complexity index is 459. The molecule has 3 nitrogen and oxygen atoms in total. The highest BCUT2D eigenvalue weighted by Crippen LogP contribution is 2.36. The van der Waals surface area contributed by atoms with Gasteiger partial charge in [-0.1, -0.05) is 29.8 Å². The number of nitrogens with zero attached hydrogens (tertiary/aromatic N) is 1. The summed E-state index contributed by atoms with van der Waals surface area (Å²) in [5.41, 5.74) is 1.09. The summed E-state index contributed by atoms with van der Waals surface area (Å²) in [4.78, 5) is 14.4. The quantitative estimate of drug-likeness (QED) is 0.888. The molecular formula is C14H17ClN2O. The van der Waals surface area contributed by atoms with Crippen LogP contribution in [0.4, 0.5) is 0 Å². The molecule has 0 unspecified atom stereocenters. The van der Waals surface area contributed by atoms with Crippen molar-refractivity contribution in [2.45, 2.75) is 18.9 Å². The molecule has 96 valence electrons. The van der Waals surface area contributed by atoms with Gasteiger partial charge in [0.05, 0.1) is 12.0 Å². The highest BCUT2D eigenvalue weighted by molar-refractivity contribution is 6.31. The maximum atomic E-state index is 12.4. The zero-order valence-corrected chi connectivity index (χ0v) is 11.0. The Balaban J connectivity index is 1.82. The minimum Gasteiger partial charge on any atom is -0.335 e. The van der Waals surface area contributed by atoms with Crippen LogP contribution in [-0.4, -0.2) is 30.4 Å². The summed E-state index contributed by atoms with van der Waals surface area (Å²) in [6.07, 6.45) is 2.09. The van der Waals surface area contributed by atoms with Gasteiger partial charge in [-0.2, -0.15) is 0 Å². The number of amides is 1. The van der Waals surface area contributed by atoms with Crippen LogP contribution in [0.15, 0.2) is 24.3 Å². The highest BCUT2D eigenvalue weighted by atomic mass is 35.5. The molecule has 2 saturated heterocycles. The van der Waals surface area contributed by atoms with Crippen molar-refractivity contribution in [1.82, 2.24) is 10.2 Å². The van der Waals surface area contributed by atoms with Crippen LogP contribution in [0.3, 0.4) is 0 Å². The van der Waals surface area contributed by atoms with Gasteiger partial charge in [0, 0.05) is 24.7 Å². The molecule has 1 aromatic carbocycles. The third-order valence-electron chi connectivity index (χ3n) is 3.93. The van der Waals surface area contributed by atoms with Gasteiger partial charge in [-0.15, -0.1) is 0 Å². The molecular weight excluding hydrogens is 248 g/mol. The van der Waals surface area contributed by atoms with Crippen LogP contribution in [0, 0.1) is 5.92 Å². The van der Waals surface area contributed by atoms with Gasteiger partial charge in [0.1, 0.15) is 0 Å². The molecule has 18 heavy (non-hydrogen) atoms. The Hall–Kier alpha value is -1.06. The molecule has 1 aromatic rings. The number of carbonyl (C=O) groups is 1. The van der Waals surface area contributed by atoms with Gasteiger partial charge in [-0.05, 0) is 24.5 Å². The van der Waals surface area contributed by atoms with E-state index in [0.29, 0.717) is 0 Å². The van der Waals surface area contributed by atoms with Gasteiger partial charge >= 0.3 is 0 Å². The third-order valence-corrected chi connectivity index (χ3v) is 4.28. The lowest BCUT2D eigenvalue weighted by Gasteiger charge is -2.33. The summed E-state index contributed by atoms with van der Waals surface area (Å²) in [6.45, 7) is 2.51. The van der Waals surface area contributed by atoms with Crippen molar-refractivity contribution in [3.05, 3.63) is 34.9 Å². The van der Waals surface area contributed by atoms with Crippen LogP contribution in [0.2, 0.25) is 5.02 Å². The maximum Gasteiger partial charge on any atom is 0.228 e. The molecule has 3 rings (SSSR count). The van der Waals surface area contributed by atoms with Gasteiger partial charge in [-0.3, -0.25) is 4.79 Å². The monoisotopic (exact) mass is 264 g/mol. The van der Waals surface area contributed by atoms with Crippen molar-refractivity contribution in [1.29, 1.82) is 0 Å². The highest BCUT2D eigenvalue weighted by Gasteiger charge is 2.36. The molecule has 1 amide bonds. The Morgan fingerprint density at radius 1 is 1.33 bits per heavy atom. The van der Waals surface area contributed by atoms with E-state index in [1.54, 1.807) is 0 Å². The summed E-state index contributed by atoms with van der Waals surface area (Å²) >= 11 is 6.25. The summed E-state index contributed by atoms with van der Waals surface area (Å²) in [6, 6.07) is 8.04. The molecule has 4 heteroatoms. The predicted molar refractivity (Wildman–Crippen MR) is 71.5 cm³/mol. The van der Waals surface area contributed by atoms with Gasteiger partial charge in [0.15, 0.2) is 0 Å². The van der Waals surface area contributed by atoms with E-state index in [-0.39, 0.29) is 17.9 Å². The number of halogens is 1. The van der Waals surface area contributed by atoms with Crippen molar-refractivity contribution in [3.8, 4) is 0 Å². The fourth-order valence-corrected chi connectivity index (χ4v) is 3.06. The molecule has 2 aliphatic rings. The summed E-state index contributed by atoms with van der Waals surface area (Å²) in [5, 5.41) is 3.93. The minimum atomic E-state index is 0.173. The van der Waals surface area contributed by atoms with E-state index in [9.17, 15) is 4.79 Å². The number of hydrogen-bond acceptors (Lipinski definition) is 2. The first kappa shape index (κ1) is 12.0. The average molecular weight is 265 g/mol. The Labute approximate surface area is 112 Å². The normalized spacial score (nSPS) is 24.1. The van der Waals surface area contributed by atoms with Crippen molar-refractivity contribution < 1.29 is 4.79 Å². The molecule has 0 radical (unpaired) electrons. The molecule has 1 N–H and O–H groups in total. The van der Waals surface area contributed by atoms with E-state index < -0.39 is 0 Å². The second-order valence-corrected chi connectivity index (χ2v) is 5.47. The molecule has 1 atom stereocenters. The van der Waals surface area contributed by atoms with Gasteiger partial charge in [0.25, 0.3) is 0 Å². The van der Waals surface area contributed by atoms with Gasteiger partial charge < -0.3 is 10.2 Å². The molecule has 0 bridgehead atoms. The zero-order chi connectivity index (χ0) is 12.5. The smallest absolute Gasteiger partial charge is 0.228 e. The number of rotatable bonds is 2. The third kappa shape index (κ3) is 2.02. The number of benzene rings is 1. The number of hydrogen-bond donors (Lipinski definition) is 1. The first-order valence-electron chi connectivity index (χ1n) is 6.53. The van der Waals surface area contributed by atoms with Crippen LogP contribution >= 0.6 is 11.6 Å². The Morgan fingerprint density at radius 3 is 2.78 bits per heavy atom. The molecule has 0 spiro atoms. The summed E-state index contributed by atoms with van der Waals surface area (Å²) in [5.74, 6) is 0.462. The van der Waals surface area contributed by atoms with Gasteiger partial charge in [-0.25, -0.2) is 0 Å². The number of likely N-dealkylation sites (tertiary alicyclic amines) is 1. The van der Waals surface area contributed by atoms with Crippen LogP contribution in [0.5, 0.6) is 0 Å². The molecule has 2 fully saturated rings. The van der Waals surface area contributed by atoms with Crippen molar-refractivity contribution in [2.24, 2.45) is 5.92 Å². The van der Waals surface area contributed by atoms with Crippen LogP contribution < -0.4 is 5.32 Å². The van der Waals surface area contributed by atoms with E-state index in [2.05, 4.69) is 5.32 Å². The number of nitrogens with one attached hydrogen (secondary N) is 1. The van der Waals surface area contributed by atoms with E-state index in [1.807, 2.05) is 29.2 Å². The zero-order valence-electron chi connectivity index (χ0n) is 10.2. The molecule has 0 aliphatic carbocycles. The summed E-state index contributed by atoms with van der Waals surface area (Å²) in [7, 11) is 0. The number of carbonyl (C=O) groups excluding carboxylic acids is 1. The van der Waals surface area contributed by atoms with Gasteiger partial charge in [0.2, 0.25) is 5.91 Å². The Morgan fingerprint density at radius 2 is 2.11 bits per heavy atom. The Kier molecular flexibility index (Phi) is 3.27. The predicted octanol–water partition coefficient (Wildman–Crippen LogP) is 2.22. The fourth-order valence-electron chi connectivity index (χ4n) is 2.80. The van der Waals surface area contributed by atoms with E-state index in [4.69, 9.17) is 11.6 Å². The molecule has 2 heterocycles. The fraction of sp³-hybridized carbons (Fsp3) is 0.500. The van der Waals surface area contributed by atoms with E-state index in [0.717, 1.165) is 43.1 Å². The first-order chi connectivity index (χ1) is 8.77. The van der Waals surface area contributed by atoms with E-state index in [1.165, 1.54) is 0 Å². The second-order valence-electron chi connectivity index (χ2n) is 5.07. The molecule has 0 aromatic heterocycles. The van der Waals surface area contributed by atoms with Crippen LogP contribution in [-0.2, 0) is 4.79 Å². The van der Waals surface area contributed by atoms with E-state index >= 15 is 0 Å². The van der Waals surface area contributed by atoms with Crippen LogP contribution in [0.1, 0.15) is 24.4 Å². The maximum absolute atomic E-state index is 12.4. The molecule has 2 aliphatic heterocycles. The largest absolute Gasteiger partial charge is 0.335 e. The molecule has 0 saturated carbocycles. The standard InChI is InChI=1S/C14H17ClN2O/c15-12-5-2-1-4-11(12)13-6-3-7-17(13)14(18)10-8-16-9-10/h1-2,4-5,10,13,16H,3,6-9H2/t13-/m1/s1. The second kappa shape index (κ2) is 4.90. The lowest BCUT2D eigenvalue weighted by molar-refractivity contribution is -0.138. The lowest BCUT2D eigenvalue weighted by atomic mass is 9.99. The summed E-state index contributed by atoms with van der Waals surface area (Å²) < 4.78 is 0. The topological polar surface area (TPSA) is 32.3 Å². The first-order valence-corrected chi connectivity index (χ1v) is 6.91. The van der Waals surface area contributed by atoms with Crippen LogP contribution in [0.25, 0.3) is 0 Å².